The summed E-state index contributed by atoms with van der Waals surface area (Å²) in [7, 11) is -5.79. The summed E-state index contributed by atoms with van der Waals surface area (Å²) < 4.78 is 28.0. The van der Waals surface area contributed by atoms with Gasteiger partial charge in [0.1, 0.15) is 4.90 Å². The summed E-state index contributed by atoms with van der Waals surface area (Å²) in [6.07, 6.45) is 0.448. The fraction of sp³-hybridized carbons (Fsp3) is 0.391. The van der Waals surface area contributed by atoms with Crippen LogP contribution >= 0.6 is 23.2 Å². The molecule has 9 nitrogen and oxygen atoms in total. The van der Waals surface area contributed by atoms with Crippen LogP contribution in [0, 0.1) is 5.92 Å². The van der Waals surface area contributed by atoms with Gasteiger partial charge in [-0.15, -0.1) is 0 Å². The van der Waals surface area contributed by atoms with Crippen molar-refractivity contribution in [3.63, 3.8) is 0 Å². The van der Waals surface area contributed by atoms with Gasteiger partial charge >= 0.3 is 7.12 Å². The Labute approximate surface area is 221 Å². The monoisotopic (exact) mass is 555 g/mol. The van der Waals surface area contributed by atoms with Gasteiger partial charge in [-0.3, -0.25) is 4.79 Å². The molecule has 1 heterocycles. The van der Waals surface area contributed by atoms with Crippen LogP contribution in [-0.4, -0.2) is 55.3 Å². The summed E-state index contributed by atoms with van der Waals surface area (Å²) in [5.74, 6) is -1.41. The molecule has 1 aliphatic heterocycles. The highest BCUT2D eigenvalue weighted by Crippen LogP contribution is 2.30. The van der Waals surface area contributed by atoms with Crippen LogP contribution in [0.4, 0.5) is 0 Å². The quantitative estimate of drug-likeness (QED) is 0.314. The van der Waals surface area contributed by atoms with Gasteiger partial charge in [-0.2, -0.15) is 0 Å². The van der Waals surface area contributed by atoms with Gasteiger partial charge in [0, 0.05) is 17.9 Å². The minimum absolute atomic E-state index is 0.00747. The third-order valence-electron chi connectivity index (χ3n) is 5.64. The third kappa shape index (κ3) is 7.21. The zero-order chi connectivity index (χ0) is 26.5. The number of sulfonamides is 1. The number of nitrogens with one attached hydrogen (secondary N) is 2. The summed E-state index contributed by atoms with van der Waals surface area (Å²) in [5.41, 5.74) is -0.423. The molecule has 2 unspecified atom stereocenters. The largest absolute Gasteiger partial charge is 0.475 e. The number of halogens is 2. The maximum Gasteiger partial charge on any atom is 0.475 e. The number of hydrogen-bond acceptors (Lipinski definition) is 7. The summed E-state index contributed by atoms with van der Waals surface area (Å²) in [6.45, 7) is 3.56. The first-order chi connectivity index (χ1) is 16.9. The minimum Gasteiger partial charge on any atom is -0.426 e. The lowest BCUT2D eigenvalue weighted by atomic mass is 9.74. The first-order valence-corrected chi connectivity index (χ1v) is 13.6. The normalized spacial score (nSPS) is 18.5. The van der Waals surface area contributed by atoms with E-state index in [0.29, 0.717) is 6.42 Å². The van der Waals surface area contributed by atoms with E-state index in [1.807, 2.05) is 44.2 Å². The lowest BCUT2D eigenvalue weighted by Gasteiger charge is -2.29. The van der Waals surface area contributed by atoms with Gasteiger partial charge in [-0.1, -0.05) is 72.5 Å². The maximum absolute atomic E-state index is 13.4. The van der Waals surface area contributed by atoms with E-state index >= 15 is 0 Å². The molecule has 36 heavy (non-hydrogen) atoms. The summed E-state index contributed by atoms with van der Waals surface area (Å²) in [4.78, 5) is 18.9. The molecule has 2 aromatic carbocycles. The zero-order valence-corrected chi connectivity index (χ0v) is 22.1. The van der Waals surface area contributed by atoms with E-state index in [-0.39, 0.29) is 46.0 Å². The molecule has 4 N–H and O–H groups in total. The van der Waals surface area contributed by atoms with Crippen molar-refractivity contribution in [1.29, 1.82) is 0 Å². The first kappa shape index (κ1) is 28.4. The highest BCUT2D eigenvalue weighted by Gasteiger charge is 2.48. The van der Waals surface area contributed by atoms with Crippen molar-refractivity contribution in [2.75, 3.05) is 6.54 Å². The Morgan fingerprint density at radius 2 is 1.89 bits per heavy atom. The summed E-state index contributed by atoms with van der Waals surface area (Å²) in [5, 5.41) is 26.4. The van der Waals surface area contributed by atoms with Crippen molar-refractivity contribution < 1.29 is 28.1 Å². The summed E-state index contributed by atoms with van der Waals surface area (Å²) in [6, 6.07) is 13.2. The van der Waals surface area contributed by atoms with E-state index in [0.717, 1.165) is 5.56 Å². The van der Waals surface area contributed by atoms with Crippen LogP contribution in [0.15, 0.2) is 58.6 Å². The molecule has 1 aliphatic rings. The number of amides is 1. The Morgan fingerprint density at radius 3 is 2.53 bits per heavy atom. The van der Waals surface area contributed by atoms with E-state index in [4.69, 9.17) is 28.0 Å². The Balaban J connectivity index is 1.78. The van der Waals surface area contributed by atoms with Gasteiger partial charge in [0.15, 0.2) is 0 Å². The molecular formula is C23H28BCl2N3O6S. The van der Waals surface area contributed by atoms with E-state index in [1.165, 1.54) is 18.2 Å². The molecule has 1 amide bonds. The molecule has 0 bridgehead atoms. The highest BCUT2D eigenvalue weighted by molar-refractivity contribution is 7.89. The fourth-order valence-corrected chi connectivity index (χ4v) is 5.64. The smallest absolute Gasteiger partial charge is 0.426 e. The predicted octanol–water partition coefficient (Wildman–Crippen LogP) is 2.57. The van der Waals surface area contributed by atoms with E-state index in [2.05, 4.69) is 15.2 Å². The molecule has 3 rings (SSSR count). The second-order valence-electron chi connectivity index (χ2n) is 9.10. The Hall–Kier alpha value is -2.15. The molecule has 0 saturated carbocycles. The van der Waals surface area contributed by atoms with Crippen LogP contribution in [0.1, 0.15) is 32.3 Å². The van der Waals surface area contributed by atoms with Crippen LogP contribution in [-0.2, 0) is 26.1 Å². The van der Waals surface area contributed by atoms with Crippen molar-refractivity contribution in [3.8, 4) is 0 Å². The van der Waals surface area contributed by atoms with Gasteiger partial charge in [0.25, 0.3) is 5.91 Å². The Kier molecular flexibility index (Phi) is 9.42. The molecule has 0 radical (unpaired) electrons. The lowest BCUT2D eigenvalue weighted by molar-refractivity contribution is -0.144. The number of benzene rings is 2. The first-order valence-electron chi connectivity index (χ1n) is 11.3. The standard InChI is InChI=1S/C23H28BCl2N3O6S/c1-15(2)10-21(24(31)32)28-22(30)23(12-16-6-4-3-5-7-16)13-18(29-35-23)14-27-36(33,34)20-11-17(25)8-9-19(20)26/h3-9,11,15,21,27,31-32H,10,12-14H2,1-2H3,(H,28,30). The number of carbonyl (C=O) groups is 1. The van der Waals surface area contributed by atoms with Crippen molar-refractivity contribution >= 4 is 52.0 Å². The Bertz CT molecular complexity index is 1210. The number of rotatable bonds is 11. The molecule has 194 valence electrons. The lowest BCUT2D eigenvalue weighted by Crippen LogP contribution is -2.56. The van der Waals surface area contributed by atoms with Crippen LogP contribution in [0.5, 0.6) is 0 Å². The highest BCUT2D eigenvalue weighted by atomic mass is 35.5. The average molecular weight is 556 g/mol. The van der Waals surface area contributed by atoms with Crippen molar-refractivity contribution in [3.05, 3.63) is 64.1 Å². The molecule has 0 aromatic heterocycles. The molecule has 2 atom stereocenters. The van der Waals surface area contributed by atoms with Gasteiger partial charge in [-0.05, 0) is 36.1 Å². The number of hydrogen-bond donors (Lipinski definition) is 4. The van der Waals surface area contributed by atoms with Crippen LogP contribution in [0.2, 0.25) is 10.0 Å². The average Bonchev–Trinajstić information content (AvgIpc) is 3.23. The topological polar surface area (TPSA) is 137 Å². The van der Waals surface area contributed by atoms with Crippen LogP contribution in [0.3, 0.4) is 0 Å². The SMILES string of the molecule is CC(C)CC(NC(=O)C1(Cc2ccccc2)CC(CNS(=O)(=O)c2cc(Cl)ccc2Cl)=NO1)B(O)O. The van der Waals surface area contributed by atoms with E-state index in [1.54, 1.807) is 0 Å². The fourth-order valence-electron chi connectivity index (χ4n) is 3.87. The molecule has 0 spiro atoms. The van der Waals surface area contributed by atoms with Crippen molar-refractivity contribution in [1.82, 2.24) is 10.0 Å². The third-order valence-corrected chi connectivity index (χ3v) is 7.75. The van der Waals surface area contributed by atoms with Crippen LogP contribution in [0.25, 0.3) is 0 Å². The second kappa shape index (κ2) is 11.9. The van der Waals surface area contributed by atoms with E-state index < -0.39 is 34.6 Å². The zero-order valence-electron chi connectivity index (χ0n) is 19.8. The molecule has 2 aromatic rings. The van der Waals surface area contributed by atoms with Gasteiger partial charge in [0.2, 0.25) is 15.6 Å². The van der Waals surface area contributed by atoms with Gasteiger partial charge in [-0.25, -0.2) is 13.1 Å². The number of oxime groups is 1. The maximum atomic E-state index is 13.4. The predicted molar refractivity (Wildman–Crippen MR) is 139 cm³/mol. The Morgan fingerprint density at radius 1 is 1.19 bits per heavy atom. The molecule has 0 saturated heterocycles. The molecule has 0 fully saturated rings. The molecular weight excluding hydrogens is 528 g/mol. The van der Waals surface area contributed by atoms with Crippen LogP contribution < -0.4 is 10.0 Å². The number of carbonyl (C=O) groups excluding carboxylic acids is 1. The minimum atomic E-state index is -4.03. The summed E-state index contributed by atoms with van der Waals surface area (Å²) >= 11 is 12.0. The van der Waals surface area contributed by atoms with Gasteiger partial charge < -0.3 is 20.2 Å². The second-order valence-corrected chi connectivity index (χ2v) is 11.7. The van der Waals surface area contributed by atoms with Gasteiger partial charge in [0.05, 0.1) is 23.2 Å². The van der Waals surface area contributed by atoms with Crippen molar-refractivity contribution in [2.45, 2.75) is 49.5 Å². The van der Waals surface area contributed by atoms with Crippen molar-refractivity contribution in [2.24, 2.45) is 11.1 Å². The number of nitrogens with zero attached hydrogens (tertiary/aromatic N) is 1. The molecule has 0 aliphatic carbocycles. The molecule has 13 heteroatoms. The van der Waals surface area contributed by atoms with E-state index in [9.17, 15) is 23.3 Å².